The maximum Gasteiger partial charge on any atom is 0.258 e. The number of aromatic nitrogens is 1. The van der Waals surface area contributed by atoms with Gasteiger partial charge in [-0.25, -0.2) is 0 Å². The lowest BCUT2D eigenvalue weighted by Crippen LogP contribution is -2.26. The van der Waals surface area contributed by atoms with Gasteiger partial charge in [-0.15, -0.1) is 0 Å². The molecule has 2 aromatic carbocycles. The van der Waals surface area contributed by atoms with E-state index >= 15 is 0 Å². The molecule has 0 spiro atoms. The summed E-state index contributed by atoms with van der Waals surface area (Å²) in [7, 11) is 1.76. The minimum absolute atomic E-state index is 0.0326. The number of pyridine rings is 1. The lowest BCUT2D eigenvalue weighted by Gasteiger charge is -2.17. The topological polar surface area (TPSA) is 33.2 Å². The zero-order valence-electron chi connectivity index (χ0n) is 11.2. The first kappa shape index (κ1) is 12.4. The number of nitrogens with zero attached hydrogens (tertiary/aromatic N) is 2. The number of anilines is 1. The average molecular weight is 262 g/mol. The van der Waals surface area contributed by atoms with Crippen molar-refractivity contribution < 1.29 is 4.79 Å². The van der Waals surface area contributed by atoms with Crippen molar-refractivity contribution in [1.29, 1.82) is 0 Å². The van der Waals surface area contributed by atoms with Crippen molar-refractivity contribution in [3.63, 3.8) is 0 Å². The number of amides is 1. The summed E-state index contributed by atoms with van der Waals surface area (Å²) in [6.45, 7) is 0. The third-order valence-corrected chi connectivity index (χ3v) is 3.36. The van der Waals surface area contributed by atoms with Crippen LogP contribution in [0.3, 0.4) is 0 Å². The van der Waals surface area contributed by atoms with Gasteiger partial charge in [0.15, 0.2) is 0 Å². The van der Waals surface area contributed by atoms with Gasteiger partial charge in [0.2, 0.25) is 0 Å². The Morgan fingerprint density at radius 3 is 2.60 bits per heavy atom. The smallest absolute Gasteiger partial charge is 0.258 e. The van der Waals surface area contributed by atoms with Gasteiger partial charge < -0.3 is 4.90 Å². The molecule has 0 aliphatic heterocycles. The Hall–Kier alpha value is -2.68. The fourth-order valence-corrected chi connectivity index (χ4v) is 2.26. The van der Waals surface area contributed by atoms with E-state index in [-0.39, 0.29) is 5.91 Å². The molecule has 1 aromatic heterocycles. The highest BCUT2D eigenvalue weighted by molar-refractivity contribution is 6.13. The number of hydrogen-bond donors (Lipinski definition) is 0. The summed E-state index contributed by atoms with van der Waals surface area (Å²) in [6, 6.07) is 17.4. The van der Waals surface area contributed by atoms with Gasteiger partial charge in [0.25, 0.3) is 5.91 Å². The van der Waals surface area contributed by atoms with E-state index in [1.807, 2.05) is 54.6 Å². The molecule has 0 aliphatic carbocycles. The molecule has 98 valence electrons. The van der Waals surface area contributed by atoms with Gasteiger partial charge in [0.05, 0.1) is 11.9 Å². The highest BCUT2D eigenvalue weighted by Crippen LogP contribution is 2.21. The first-order chi connectivity index (χ1) is 9.77. The molecule has 20 heavy (non-hydrogen) atoms. The van der Waals surface area contributed by atoms with Crippen LogP contribution in [0.4, 0.5) is 5.69 Å². The summed E-state index contributed by atoms with van der Waals surface area (Å²) in [5.41, 5.74) is 1.49. The summed E-state index contributed by atoms with van der Waals surface area (Å²) in [5.74, 6) is -0.0326. The van der Waals surface area contributed by atoms with Crippen LogP contribution in [-0.4, -0.2) is 17.9 Å². The Morgan fingerprint density at radius 1 is 1.00 bits per heavy atom. The van der Waals surface area contributed by atoms with E-state index in [0.29, 0.717) is 5.56 Å². The molecule has 0 bridgehead atoms. The Balaban J connectivity index is 2.05. The molecule has 0 N–H and O–H groups in total. The molecule has 3 nitrogen and oxygen atoms in total. The minimum Gasteiger partial charge on any atom is -0.310 e. The summed E-state index contributed by atoms with van der Waals surface area (Å²) < 4.78 is 0. The second-order valence-electron chi connectivity index (χ2n) is 4.60. The van der Waals surface area contributed by atoms with Crippen molar-refractivity contribution in [1.82, 2.24) is 4.98 Å². The number of fused-ring (bicyclic) bond motifs is 1. The van der Waals surface area contributed by atoms with Crippen LogP contribution in [0.15, 0.2) is 67.0 Å². The van der Waals surface area contributed by atoms with Gasteiger partial charge in [-0.2, -0.15) is 0 Å². The van der Waals surface area contributed by atoms with Gasteiger partial charge in [-0.1, -0.05) is 36.4 Å². The van der Waals surface area contributed by atoms with E-state index in [9.17, 15) is 4.79 Å². The van der Waals surface area contributed by atoms with Crippen molar-refractivity contribution in [3.05, 3.63) is 72.6 Å². The first-order valence-corrected chi connectivity index (χ1v) is 6.43. The zero-order valence-corrected chi connectivity index (χ0v) is 11.2. The molecule has 0 saturated heterocycles. The van der Waals surface area contributed by atoms with Crippen LogP contribution in [0.5, 0.6) is 0 Å². The largest absolute Gasteiger partial charge is 0.310 e. The molecule has 3 rings (SSSR count). The van der Waals surface area contributed by atoms with Crippen LogP contribution in [0.25, 0.3) is 10.8 Å². The Morgan fingerprint density at radius 2 is 1.80 bits per heavy atom. The van der Waals surface area contributed by atoms with Crippen LogP contribution in [0.1, 0.15) is 10.4 Å². The van der Waals surface area contributed by atoms with E-state index in [0.717, 1.165) is 16.5 Å². The normalized spacial score (nSPS) is 10.4. The maximum atomic E-state index is 12.7. The Bertz CT molecular complexity index is 748. The van der Waals surface area contributed by atoms with Crippen LogP contribution in [0, 0.1) is 0 Å². The number of benzene rings is 2. The molecule has 1 amide bonds. The highest BCUT2D eigenvalue weighted by atomic mass is 16.2. The van der Waals surface area contributed by atoms with Crippen LogP contribution in [0.2, 0.25) is 0 Å². The van der Waals surface area contributed by atoms with Crippen molar-refractivity contribution in [2.45, 2.75) is 0 Å². The standard InChI is InChI=1S/C17H14N2O/c1-19(14-8-5-11-18-12-14)17(20)16-10-4-7-13-6-2-3-9-15(13)16/h2-12H,1H3. The molecule has 0 unspecified atom stereocenters. The lowest BCUT2D eigenvalue weighted by molar-refractivity contribution is 0.0994. The third kappa shape index (κ3) is 2.14. The van der Waals surface area contributed by atoms with Crippen molar-refractivity contribution in [2.75, 3.05) is 11.9 Å². The number of carbonyl (C=O) groups excluding carboxylic acids is 1. The monoisotopic (exact) mass is 262 g/mol. The second-order valence-corrected chi connectivity index (χ2v) is 4.60. The molecular weight excluding hydrogens is 248 g/mol. The summed E-state index contributed by atoms with van der Waals surface area (Å²) in [4.78, 5) is 18.3. The molecule has 0 radical (unpaired) electrons. The lowest BCUT2D eigenvalue weighted by atomic mass is 10.0. The quantitative estimate of drug-likeness (QED) is 0.708. The average Bonchev–Trinajstić information content (AvgIpc) is 2.54. The van der Waals surface area contributed by atoms with E-state index in [4.69, 9.17) is 0 Å². The van der Waals surface area contributed by atoms with Gasteiger partial charge in [-0.05, 0) is 29.0 Å². The maximum absolute atomic E-state index is 12.7. The molecule has 0 aliphatic rings. The van der Waals surface area contributed by atoms with Crippen LogP contribution >= 0.6 is 0 Å². The summed E-state index contributed by atoms with van der Waals surface area (Å²) in [6.07, 6.45) is 3.38. The van der Waals surface area contributed by atoms with Crippen molar-refractivity contribution >= 4 is 22.4 Å². The molecule has 1 heterocycles. The van der Waals surface area contributed by atoms with Crippen molar-refractivity contribution in [3.8, 4) is 0 Å². The fourth-order valence-electron chi connectivity index (χ4n) is 2.26. The summed E-state index contributed by atoms with van der Waals surface area (Å²) >= 11 is 0. The Labute approximate surface area is 117 Å². The minimum atomic E-state index is -0.0326. The van der Waals surface area contributed by atoms with Gasteiger partial charge in [-0.3, -0.25) is 9.78 Å². The van der Waals surface area contributed by atoms with Crippen LogP contribution < -0.4 is 4.90 Å². The predicted molar refractivity (Wildman–Crippen MR) is 80.9 cm³/mol. The van der Waals surface area contributed by atoms with E-state index < -0.39 is 0 Å². The first-order valence-electron chi connectivity index (χ1n) is 6.43. The molecule has 0 saturated carbocycles. The van der Waals surface area contributed by atoms with Gasteiger partial charge in [0, 0.05) is 18.8 Å². The highest BCUT2D eigenvalue weighted by Gasteiger charge is 2.15. The molecule has 3 aromatic rings. The summed E-state index contributed by atoms with van der Waals surface area (Å²) in [5, 5.41) is 2.04. The fraction of sp³-hybridized carbons (Fsp3) is 0.0588. The molecule has 3 heteroatoms. The zero-order chi connectivity index (χ0) is 13.9. The van der Waals surface area contributed by atoms with Gasteiger partial charge in [0.1, 0.15) is 0 Å². The molecule has 0 fully saturated rings. The third-order valence-electron chi connectivity index (χ3n) is 3.36. The SMILES string of the molecule is CN(C(=O)c1cccc2ccccc12)c1cccnc1. The number of rotatable bonds is 2. The van der Waals surface area contributed by atoms with Gasteiger partial charge >= 0.3 is 0 Å². The molecular formula is C17H14N2O. The molecule has 0 atom stereocenters. The number of hydrogen-bond acceptors (Lipinski definition) is 2. The van der Waals surface area contributed by atoms with E-state index in [2.05, 4.69) is 4.98 Å². The second kappa shape index (κ2) is 5.13. The van der Waals surface area contributed by atoms with Crippen LogP contribution in [-0.2, 0) is 0 Å². The Kier molecular flexibility index (Phi) is 3.17. The van der Waals surface area contributed by atoms with E-state index in [1.54, 1.807) is 24.3 Å². The number of carbonyl (C=O) groups is 1. The predicted octanol–water partition coefficient (Wildman–Crippen LogP) is 3.51. The van der Waals surface area contributed by atoms with Crippen molar-refractivity contribution in [2.24, 2.45) is 0 Å². The van der Waals surface area contributed by atoms with E-state index in [1.165, 1.54) is 0 Å².